The lowest BCUT2D eigenvalue weighted by Crippen LogP contribution is -2.41. The molecule has 1 aliphatic carbocycles. The monoisotopic (exact) mass is 342 g/mol. The van der Waals surface area contributed by atoms with Crippen molar-refractivity contribution in [3.05, 3.63) is 65.0 Å². The number of aryl methyl sites for hydroxylation is 2. The highest BCUT2D eigenvalue weighted by Gasteiger charge is 2.29. The molecule has 0 heterocycles. The molecular formula is C20H23FN2O2. The van der Waals surface area contributed by atoms with Gasteiger partial charge in [-0.25, -0.2) is 9.18 Å². The van der Waals surface area contributed by atoms with Crippen molar-refractivity contribution >= 4 is 11.7 Å². The van der Waals surface area contributed by atoms with Gasteiger partial charge in [-0.3, -0.25) is 0 Å². The van der Waals surface area contributed by atoms with Crippen LogP contribution in [0.5, 0.6) is 0 Å². The molecule has 0 bridgehead atoms. The highest BCUT2D eigenvalue weighted by molar-refractivity contribution is 5.90. The molecule has 25 heavy (non-hydrogen) atoms. The van der Waals surface area contributed by atoms with E-state index in [1.165, 1.54) is 17.7 Å². The molecule has 2 N–H and O–H groups in total. The fraction of sp³-hybridized carbons (Fsp3) is 0.350. The number of benzene rings is 2. The smallest absolute Gasteiger partial charge is 0.322 e. The third-order valence-corrected chi connectivity index (χ3v) is 4.76. The summed E-state index contributed by atoms with van der Waals surface area (Å²) in [5, 5.41) is 12.2. The molecule has 0 spiro atoms. The number of nitrogens with zero attached hydrogens (tertiary/aromatic N) is 1. The predicted molar refractivity (Wildman–Crippen MR) is 96.1 cm³/mol. The Balaban J connectivity index is 1.86. The first-order chi connectivity index (χ1) is 12.1. The molecule has 5 heteroatoms. The number of halogens is 1. The number of carbonyl (C=O) groups excluding carboxylic acids is 1. The van der Waals surface area contributed by atoms with E-state index in [4.69, 9.17) is 0 Å². The summed E-state index contributed by atoms with van der Waals surface area (Å²) in [6, 6.07) is 12.0. The Kier molecular flexibility index (Phi) is 5.34. The third-order valence-electron chi connectivity index (χ3n) is 4.76. The highest BCUT2D eigenvalue weighted by atomic mass is 19.1. The maximum Gasteiger partial charge on any atom is 0.322 e. The first kappa shape index (κ1) is 17.4. The molecule has 132 valence electrons. The van der Waals surface area contributed by atoms with Crippen LogP contribution in [0.4, 0.5) is 14.9 Å². The summed E-state index contributed by atoms with van der Waals surface area (Å²) in [7, 11) is 0. The number of hydrogen-bond acceptors (Lipinski definition) is 2. The van der Waals surface area contributed by atoms with Crippen LogP contribution in [-0.2, 0) is 6.42 Å². The van der Waals surface area contributed by atoms with Crippen LogP contribution < -0.4 is 5.32 Å². The summed E-state index contributed by atoms with van der Waals surface area (Å²) in [5.74, 6) is -0.391. The lowest BCUT2D eigenvalue weighted by Gasteiger charge is -2.35. The van der Waals surface area contributed by atoms with E-state index in [1.54, 1.807) is 11.0 Å². The van der Waals surface area contributed by atoms with Crippen LogP contribution in [0.3, 0.4) is 0 Å². The lowest BCUT2D eigenvalue weighted by atomic mass is 9.87. The van der Waals surface area contributed by atoms with Crippen molar-refractivity contribution in [2.45, 2.75) is 32.2 Å². The topological polar surface area (TPSA) is 52.6 Å². The fourth-order valence-corrected chi connectivity index (χ4v) is 3.47. The minimum atomic E-state index is -0.391. The SMILES string of the molecule is Cc1ccc(F)cc1NC(=O)N(CCO)[C@@H]1CCCc2ccccc21. The van der Waals surface area contributed by atoms with Gasteiger partial charge in [0.15, 0.2) is 0 Å². The van der Waals surface area contributed by atoms with Gasteiger partial charge in [-0.1, -0.05) is 30.3 Å². The maximum absolute atomic E-state index is 13.5. The summed E-state index contributed by atoms with van der Waals surface area (Å²) in [5.41, 5.74) is 3.63. The lowest BCUT2D eigenvalue weighted by molar-refractivity contribution is 0.155. The van der Waals surface area contributed by atoms with Crippen LogP contribution in [0.1, 0.15) is 35.6 Å². The first-order valence-electron chi connectivity index (χ1n) is 8.62. The molecule has 0 radical (unpaired) electrons. The predicted octanol–water partition coefficient (Wildman–Crippen LogP) is 4.04. The van der Waals surface area contributed by atoms with Gasteiger partial charge in [0, 0.05) is 12.2 Å². The minimum absolute atomic E-state index is 0.0778. The quantitative estimate of drug-likeness (QED) is 0.881. The van der Waals surface area contributed by atoms with Crippen molar-refractivity contribution in [3.8, 4) is 0 Å². The average molecular weight is 342 g/mol. The van der Waals surface area contributed by atoms with Gasteiger partial charge >= 0.3 is 6.03 Å². The van der Waals surface area contributed by atoms with Gasteiger partial charge in [0.1, 0.15) is 5.82 Å². The number of aliphatic hydroxyl groups is 1. The summed E-state index contributed by atoms with van der Waals surface area (Å²) in [6.45, 7) is 1.94. The van der Waals surface area contributed by atoms with Crippen molar-refractivity contribution in [1.29, 1.82) is 0 Å². The molecule has 0 unspecified atom stereocenters. The number of nitrogens with one attached hydrogen (secondary N) is 1. The Labute approximate surface area is 147 Å². The van der Waals surface area contributed by atoms with E-state index in [9.17, 15) is 14.3 Å². The van der Waals surface area contributed by atoms with Gasteiger partial charge in [0.05, 0.1) is 12.6 Å². The number of rotatable bonds is 4. The molecule has 1 atom stereocenters. The van der Waals surface area contributed by atoms with E-state index >= 15 is 0 Å². The number of carbonyl (C=O) groups is 1. The van der Waals surface area contributed by atoms with Crippen molar-refractivity contribution in [3.63, 3.8) is 0 Å². The number of hydrogen-bond donors (Lipinski definition) is 2. The van der Waals surface area contributed by atoms with Crippen LogP contribution in [0.25, 0.3) is 0 Å². The Morgan fingerprint density at radius 2 is 2.12 bits per heavy atom. The van der Waals surface area contributed by atoms with Gasteiger partial charge < -0.3 is 15.3 Å². The Morgan fingerprint density at radius 3 is 2.92 bits per heavy atom. The Bertz CT molecular complexity index is 763. The first-order valence-corrected chi connectivity index (χ1v) is 8.62. The van der Waals surface area contributed by atoms with Gasteiger partial charge in [0.2, 0.25) is 0 Å². The normalized spacial score (nSPS) is 16.2. The van der Waals surface area contributed by atoms with E-state index in [2.05, 4.69) is 11.4 Å². The number of anilines is 1. The van der Waals surface area contributed by atoms with Gasteiger partial charge in [-0.15, -0.1) is 0 Å². The zero-order valence-corrected chi connectivity index (χ0v) is 14.3. The van der Waals surface area contributed by atoms with E-state index in [0.29, 0.717) is 5.69 Å². The van der Waals surface area contributed by atoms with E-state index < -0.39 is 5.82 Å². The highest BCUT2D eigenvalue weighted by Crippen LogP contribution is 2.34. The second-order valence-corrected chi connectivity index (χ2v) is 6.41. The van der Waals surface area contributed by atoms with Gasteiger partial charge in [-0.2, -0.15) is 0 Å². The molecular weight excluding hydrogens is 319 g/mol. The Morgan fingerprint density at radius 1 is 1.32 bits per heavy atom. The third kappa shape index (κ3) is 3.82. The van der Waals surface area contributed by atoms with Gasteiger partial charge in [0.25, 0.3) is 0 Å². The van der Waals surface area contributed by atoms with Crippen LogP contribution in [0.2, 0.25) is 0 Å². The van der Waals surface area contributed by atoms with Crippen LogP contribution >= 0.6 is 0 Å². The van der Waals surface area contributed by atoms with Crippen molar-refractivity contribution in [2.24, 2.45) is 0 Å². The molecule has 2 aromatic carbocycles. The zero-order valence-electron chi connectivity index (χ0n) is 14.3. The summed E-state index contributed by atoms with van der Waals surface area (Å²) < 4.78 is 13.5. The largest absolute Gasteiger partial charge is 0.395 e. The second-order valence-electron chi connectivity index (χ2n) is 6.41. The molecule has 1 aliphatic rings. The van der Waals surface area contributed by atoms with E-state index in [0.717, 1.165) is 30.4 Å². The second kappa shape index (κ2) is 7.66. The molecule has 0 saturated heterocycles. The van der Waals surface area contributed by atoms with Crippen LogP contribution in [0.15, 0.2) is 42.5 Å². The van der Waals surface area contributed by atoms with E-state index in [1.807, 2.05) is 25.1 Å². The minimum Gasteiger partial charge on any atom is -0.395 e. The Hall–Kier alpha value is -2.40. The van der Waals surface area contributed by atoms with Crippen LogP contribution in [-0.4, -0.2) is 29.2 Å². The fourth-order valence-electron chi connectivity index (χ4n) is 3.47. The molecule has 2 amide bonds. The number of urea groups is 1. The van der Waals surface area contributed by atoms with Crippen LogP contribution in [0, 0.1) is 12.7 Å². The molecule has 0 aliphatic heterocycles. The zero-order chi connectivity index (χ0) is 17.8. The van der Waals surface area contributed by atoms with Crippen molar-refractivity contribution in [1.82, 2.24) is 4.90 Å². The molecule has 2 aromatic rings. The maximum atomic E-state index is 13.5. The molecule has 4 nitrogen and oxygen atoms in total. The van der Waals surface area contributed by atoms with Gasteiger partial charge in [-0.05, 0) is 55.0 Å². The molecule has 0 aromatic heterocycles. The molecule has 0 fully saturated rings. The number of aliphatic hydroxyl groups excluding tert-OH is 1. The molecule has 0 saturated carbocycles. The van der Waals surface area contributed by atoms with E-state index in [-0.39, 0.29) is 25.2 Å². The average Bonchev–Trinajstić information content (AvgIpc) is 2.62. The number of amides is 2. The number of fused-ring (bicyclic) bond motifs is 1. The summed E-state index contributed by atoms with van der Waals surface area (Å²) >= 11 is 0. The van der Waals surface area contributed by atoms with Crippen molar-refractivity contribution in [2.75, 3.05) is 18.5 Å². The van der Waals surface area contributed by atoms with Crippen molar-refractivity contribution < 1.29 is 14.3 Å². The summed E-state index contributed by atoms with van der Waals surface area (Å²) in [4.78, 5) is 14.5. The molecule has 3 rings (SSSR count). The standard InChI is InChI=1S/C20H23FN2O2/c1-14-9-10-16(21)13-18(14)22-20(25)23(11-12-24)19-8-4-6-15-5-2-3-7-17(15)19/h2-3,5,7,9-10,13,19,24H,4,6,8,11-12H2,1H3,(H,22,25)/t19-/m1/s1. The summed E-state index contributed by atoms with van der Waals surface area (Å²) in [6.07, 6.45) is 2.85.